The average Bonchev–Trinajstić information content (AvgIpc) is 3.23. The summed E-state index contributed by atoms with van der Waals surface area (Å²) in [5.41, 5.74) is 0. The highest BCUT2D eigenvalue weighted by Gasteiger charge is 2.20. The van der Waals surface area contributed by atoms with Gasteiger partial charge >= 0.3 is 0 Å². The molecule has 0 saturated carbocycles. The van der Waals surface area contributed by atoms with Crippen molar-refractivity contribution >= 4 is 41.3 Å². The maximum Gasteiger partial charge on any atom is 0.191 e. The number of rotatable bonds is 7. The lowest BCUT2D eigenvalue weighted by molar-refractivity contribution is 0.236. The predicted molar refractivity (Wildman–Crippen MR) is 112 cm³/mol. The molecule has 1 aromatic rings. The minimum absolute atomic E-state index is 0. The summed E-state index contributed by atoms with van der Waals surface area (Å²) in [6, 6.07) is 4.94. The fourth-order valence-electron chi connectivity index (χ4n) is 3.00. The molecule has 2 N–H and O–H groups in total. The number of likely N-dealkylation sites (tertiary alicyclic amines) is 1. The highest BCUT2D eigenvalue weighted by Crippen LogP contribution is 2.19. The number of aliphatic imine (C=N–C) groups is 1. The van der Waals surface area contributed by atoms with Crippen LogP contribution in [0.2, 0.25) is 0 Å². The molecule has 0 aromatic carbocycles. The van der Waals surface area contributed by atoms with E-state index in [1.807, 2.05) is 18.4 Å². The Morgan fingerprint density at radius 3 is 2.57 bits per heavy atom. The third kappa shape index (κ3) is 6.58. The monoisotopic (exact) mass is 450 g/mol. The first kappa shape index (κ1) is 20.7. The van der Waals surface area contributed by atoms with Crippen molar-refractivity contribution in [2.75, 3.05) is 33.2 Å². The van der Waals surface area contributed by atoms with Gasteiger partial charge in [0.15, 0.2) is 5.96 Å². The molecule has 1 aliphatic heterocycles. The topological polar surface area (TPSA) is 39.7 Å². The van der Waals surface area contributed by atoms with E-state index in [1.165, 1.54) is 37.2 Å². The van der Waals surface area contributed by atoms with Gasteiger partial charge in [-0.25, -0.2) is 0 Å². The maximum absolute atomic E-state index is 4.35. The highest BCUT2D eigenvalue weighted by atomic mass is 127. The Bertz CT molecular complexity index is 443. The summed E-state index contributed by atoms with van der Waals surface area (Å²) in [7, 11) is 1.85. The lowest BCUT2D eigenvalue weighted by atomic mass is 10.1. The van der Waals surface area contributed by atoms with E-state index < -0.39 is 0 Å². The van der Waals surface area contributed by atoms with Gasteiger partial charge in [-0.05, 0) is 43.8 Å². The van der Waals surface area contributed by atoms with E-state index in [2.05, 4.69) is 51.9 Å². The van der Waals surface area contributed by atoms with E-state index in [4.69, 9.17) is 0 Å². The van der Waals surface area contributed by atoms with Crippen molar-refractivity contribution in [3.63, 3.8) is 0 Å². The lowest BCUT2D eigenvalue weighted by Gasteiger charge is -2.27. The molecule has 4 nitrogen and oxygen atoms in total. The first-order chi connectivity index (χ1) is 10.7. The average molecular weight is 450 g/mol. The van der Waals surface area contributed by atoms with Crippen molar-refractivity contribution in [3.05, 3.63) is 22.4 Å². The molecule has 0 spiro atoms. The van der Waals surface area contributed by atoms with Crippen LogP contribution in [-0.4, -0.2) is 50.1 Å². The minimum atomic E-state index is 0. The van der Waals surface area contributed by atoms with Crippen LogP contribution in [0.5, 0.6) is 0 Å². The van der Waals surface area contributed by atoms with Crippen molar-refractivity contribution < 1.29 is 0 Å². The zero-order valence-electron chi connectivity index (χ0n) is 14.5. The summed E-state index contributed by atoms with van der Waals surface area (Å²) in [4.78, 5) is 8.38. The van der Waals surface area contributed by atoms with Crippen LogP contribution in [-0.2, 0) is 0 Å². The molecule has 2 rings (SSSR count). The molecule has 6 heteroatoms. The Labute approximate surface area is 162 Å². The fraction of sp³-hybridized carbons (Fsp3) is 0.706. The SMILES string of the molecule is CCC(CNC(=NC)NCC(C)c1cccs1)N1CCCC1.I. The first-order valence-corrected chi connectivity index (χ1v) is 9.34. The molecule has 0 amide bonds. The van der Waals surface area contributed by atoms with Crippen LogP contribution in [0.15, 0.2) is 22.5 Å². The number of nitrogens with one attached hydrogen (secondary N) is 2. The number of halogens is 1. The van der Waals surface area contributed by atoms with Gasteiger partial charge in [-0.2, -0.15) is 0 Å². The number of guanidine groups is 1. The van der Waals surface area contributed by atoms with Crippen LogP contribution in [0.3, 0.4) is 0 Å². The molecule has 23 heavy (non-hydrogen) atoms. The molecule has 1 aromatic heterocycles. The second-order valence-electron chi connectivity index (χ2n) is 6.06. The van der Waals surface area contributed by atoms with Crippen molar-refractivity contribution in [3.8, 4) is 0 Å². The van der Waals surface area contributed by atoms with Gasteiger partial charge in [-0.15, -0.1) is 35.3 Å². The summed E-state index contributed by atoms with van der Waals surface area (Å²) in [6.45, 7) is 8.93. The normalized spacial score (nSPS) is 18.3. The fourth-order valence-corrected chi connectivity index (χ4v) is 3.78. The molecule has 2 heterocycles. The maximum atomic E-state index is 4.35. The molecule has 1 saturated heterocycles. The van der Waals surface area contributed by atoms with E-state index in [-0.39, 0.29) is 24.0 Å². The number of nitrogens with zero attached hydrogens (tertiary/aromatic N) is 2. The van der Waals surface area contributed by atoms with Gasteiger partial charge in [0.05, 0.1) is 0 Å². The summed E-state index contributed by atoms with van der Waals surface area (Å²) < 4.78 is 0. The summed E-state index contributed by atoms with van der Waals surface area (Å²) >= 11 is 1.82. The zero-order valence-corrected chi connectivity index (χ0v) is 17.7. The molecular weight excluding hydrogens is 419 g/mol. The number of thiophene rings is 1. The molecule has 0 aliphatic carbocycles. The number of hydrogen-bond acceptors (Lipinski definition) is 3. The highest BCUT2D eigenvalue weighted by molar-refractivity contribution is 14.0. The number of hydrogen-bond donors (Lipinski definition) is 2. The molecule has 1 fully saturated rings. The molecule has 0 radical (unpaired) electrons. The molecule has 2 atom stereocenters. The molecular formula is C17H31IN4S. The standard InChI is InChI=1S/C17H30N4S.HI/c1-4-15(21-9-5-6-10-21)13-20-17(18-3)19-12-14(2)16-8-7-11-22-16;/h7-8,11,14-15H,4-6,9-10,12-13H2,1-3H3,(H2,18,19,20);1H. The lowest BCUT2D eigenvalue weighted by Crippen LogP contribution is -2.46. The third-order valence-electron chi connectivity index (χ3n) is 4.46. The summed E-state index contributed by atoms with van der Waals surface area (Å²) in [5.74, 6) is 1.43. The van der Waals surface area contributed by atoms with Gasteiger partial charge in [0, 0.05) is 37.0 Å². The summed E-state index contributed by atoms with van der Waals surface area (Å²) in [5, 5.41) is 9.09. The van der Waals surface area contributed by atoms with Crippen LogP contribution in [0.25, 0.3) is 0 Å². The van der Waals surface area contributed by atoms with Crippen molar-refractivity contribution in [2.24, 2.45) is 4.99 Å². The molecule has 1 aliphatic rings. The van der Waals surface area contributed by atoms with Crippen LogP contribution < -0.4 is 10.6 Å². The van der Waals surface area contributed by atoms with E-state index in [0.29, 0.717) is 12.0 Å². The summed E-state index contributed by atoms with van der Waals surface area (Å²) in [6.07, 6.45) is 3.89. The van der Waals surface area contributed by atoms with Crippen LogP contribution >= 0.6 is 35.3 Å². The Kier molecular flexibility index (Phi) is 10.1. The smallest absolute Gasteiger partial charge is 0.191 e. The van der Waals surface area contributed by atoms with Crippen LogP contribution in [0.4, 0.5) is 0 Å². The second-order valence-corrected chi connectivity index (χ2v) is 7.03. The first-order valence-electron chi connectivity index (χ1n) is 8.46. The molecule has 0 bridgehead atoms. The Balaban J connectivity index is 0.00000264. The van der Waals surface area contributed by atoms with Gasteiger partial charge in [0.25, 0.3) is 0 Å². The van der Waals surface area contributed by atoms with E-state index in [9.17, 15) is 0 Å². The van der Waals surface area contributed by atoms with Gasteiger partial charge < -0.3 is 10.6 Å². The largest absolute Gasteiger partial charge is 0.356 e. The van der Waals surface area contributed by atoms with E-state index >= 15 is 0 Å². The zero-order chi connectivity index (χ0) is 15.8. The Morgan fingerprint density at radius 1 is 1.30 bits per heavy atom. The molecule has 132 valence electrons. The van der Waals surface area contributed by atoms with Crippen molar-refractivity contribution in [2.45, 2.75) is 45.1 Å². The van der Waals surface area contributed by atoms with Crippen molar-refractivity contribution in [1.29, 1.82) is 0 Å². The van der Waals surface area contributed by atoms with Crippen molar-refractivity contribution in [1.82, 2.24) is 15.5 Å². The second kappa shape index (κ2) is 11.3. The Hall–Kier alpha value is -0.340. The van der Waals surface area contributed by atoms with E-state index in [0.717, 1.165) is 19.0 Å². The van der Waals surface area contributed by atoms with Gasteiger partial charge in [0.2, 0.25) is 0 Å². The van der Waals surface area contributed by atoms with Crippen LogP contribution in [0, 0.1) is 0 Å². The predicted octanol–water partition coefficient (Wildman–Crippen LogP) is 3.51. The minimum Gasteiger partial charge on any atom is -0.356 e. The van der Waals surface area contributed by atoms with E-state index in [1.54, 1.807) is 0 Å². The molecule has 2 unspecified atom stereocenters. The van der Waals surface area contributed by atoms with Gasteiger partial charge in [-0.1, -0.05) is 19.9 Å². The van der Waals surface area contributed by atoms with Gasteiger partial charge in [-0.3, -0.25) is 9.89 Å². The quantitative estimate of drug-likeness (QED) is 0.380. The Morgan fingerprint density at radius 2 is 2.00 bits per heavy atom. The van der Waals surface area contributed by atoms with Crippen LogP contribution in [0.1, 0.15) is 43.9 Å². The third-order valence-corrected chi connectivity index (χ3v) is 5.57. The van der Waals surface area contributed by atoms with Gasteiger partial charge in [0.1, 0.15) is 0 Å².